The third kappa shape index (κ3) is 3.77. The molecule has 0 aliphatic heterocycles. The Morgan fingerprint density at radius 3 is 2.43 bits per heavy atom. The molecule has 1 saturated carbocycles. The van der Waals surface area contributed by atoms with Crippen molar-refractivity contribution >= 4 is 0 Å². The number of hydrogen-bond acceptors (Lipinski definition) is 1. The van der Waals surface area contributed by atoms with Crippen molar-refractivity contribution in [3.8, 4) is 11.1 Å². The summed E-state index contributed by atoms with van der Waals surface area (Å²) in [5, 5.41) is 0. The third-order valence-electron chi connectivity index (χ3n) is 5.05. The van der Waals surface area contributed by atoms with Crippen LogP contribution in [0, 0.1) is 17.7 Å². The molecular formula is C20H23F2N. The van der Waals surface area contributed by atoms with Crippen LogP contribution in [-0.4, -0.2) is 4.98 Å². The maximum atomic E-state index is 14.5. The first-order chi connectivity index (χ1) is 11.2. The summed E-state index contributed by atoms with van der Waals surface area (Å²) in [5.41, 5.74) is 2.19. The fourth-order valence-electron chi connectivity index (χ4n) is 3.75. The Labute approximate surface area is 136 Å². The van der Waals surface area contributed by atoms with Crippen LogP contribution < -0.4 is 0 Å². The molecule has 2 aromatic rings. The molecule has 122 valence electrons. The maximum Gasteiger partial charge on any atom is 0.212 e. The molecule has 1 heterocycles. The second-order valence-electron chi connectivity index (χ2n) is 6.62. The molecule has 1 aliphatic rings. The molecule has 3 rings (SSSR count). The second kappa shape index (κ2) is 7.20. The molecule has 0 amide bonds. The Morgan fingerprint density at radius 2 is 1.83 bits per heavy atom. The van der Waals surface area contributed by atoms with Gasteiger partial charge in [0.25, 0.3) is 0 Å². The van der Waals surface area contributed by atoms with Crippen LogP contribution in [0.2, 0.25) is 0 Å². The predicted octanol–water partition coefficient (Wildman–Crippen LogP) is 6.10. The van der Waals surface area contributed by atoms with Gasteiger partial charge in [0.05, 0.1) is 0 Å². The van der Waals surface area contributed by atoms with Crippen molar-refractivity contribution in [1.29, 1.82) is 0 Å². The monoisotopic (exact) mass is 315 g/mol. The van der Waals surface area contributed by atoms with E-state index in [2.05, 4.69) is 11.9 Å². The molecule has 0 unspecified atom stereocenters. The second-order valence-corrected chi connectivity index (χ2v) is 6.62. The molecule has 0 N–H and O–H groups in total. The van der Waals surface area contributed by atoms with Gasteiger partial charge >= 0.3 is 0 Å². The molecule has 1 nitrogen and oxygen atoms in total. The van der Waals surface area contributed by atoms with Crippen molar-refractivity contribution in [3.63, 3.8) is 0 Å². The third-order valence-corrected chi connectivity index (χ3v) is 5.05. The molecule has 1 aromatic heterocycles. The summed E-state index contributed by atoms with van der Waals surface area (Å²) in [7, 11) is 0. The molecule has 0 bridgehead atoms. The Bertz CT molecular complexity index is 643. The standard InChI is InChI=1S/C20H23F2N/c1-2-3-14-4-6-15(7-5-14)16-8-10-18(19(21)12-16)17-9-11-20(22)23-13-17/h8-15H,2-7H2,1H3. The summed E-state index contributed by atoms with van der Waals surface area (Å²) < 4.78 is 27.4. The number of nitrogens with zero attached hydrogens (tertiary/aromatic N) is 1. The summed E-state index contributed by atoms with van der Waals surface area (Å²) in [6, 6.07) is 8.31. The zero-order valence-electron chi connectivity index (χ0n) is 13.6. The lowest BCUT2D eigenvalue weighted by Crippen LogP contribution is -2.13. The van der Waals surface area contributed by atoms with E-state index in [1.165, 1.54) is 37.9 Å². The van der Waals surface area contributed by atoms with Gasteiger partial charge in [0, 0.05) is 17.3 Å². The molecule has 3 heteroatoms. The van der Waals surface area contributed by atoms with E-state index in [1.54, 1.807) is 18.2 Å². The minimum Gasteiger partial charge on any atom is -0.228 e. The normalized spacial score (nSPS) is 21.3. The first kappa shape index (κ1) is 16.1. The molecule has 0 radical (unpaired) electrons. The summed E-state index contributed by atoms with van der Waals surface area (Å²) in [6.07, 6.45) is 8.77. The lowest BCUT2D eigenvalue weighted by molar-refractivity contribution is 0.308. The van der Waals surface area contributed by atoms with Crippen LogP contribution in [0.3, 0.4) is 0 Å². The number of halogens is 2. The van der Waals surface area contributed by atoms with Gasteiger partial charge < -0.3 is 0 Å². The van der Waals surface area contributed by atoms with Crippen molar-refractivity contribution in [3.05, 3.63) is 53.9 Å². The van der Waals surface area contributed by atoms with Crippen LogP contribution in [0.1, 0.15) is 56.9 Å². The minimum absolute atomic E-state index is 0.244. The highest BCUT2D eigenvalue weighted by molar-refractivity contribution is 5.63. The van der Waals surface area contributed by atoms with Crippen LogP contribution in [-0.2, 0) is 0 Å². The fraction of sp³-hybridized carbons (Fsp3) is 0.450. The van der Waals surface area contributed by atoms with Crippen LogP contribution in [0.4, 0.5) is 8.78 Å². The highest BCUT2D eigenvalue weighted by atomic mass is 19.1. The lowest BCUT2D eigenvalue weighted by Gasteiger charge is -2.28. The number of benzene rings is 1. The Hall–Kier alpha value is -1.77. The van der Waals surface area contributed by atoms with Crippen molar-refractivity contribution in [2.45, 2.75) is 51.4 Å². The van der Waals surface area contributed by atoms with Crippen molar-refractivity contribution in [2.75, 3.05) is 0 Å². The van der Waals surface area contributed by atoms with Crippen LogP contribution in [0.5, 0.6) is 0 Å². The average Bonchev–Trinajstić information content (AvgIpc) is 2.57. The van der Waals surface area contributed by atoms with Crippen LogP contribution in [0.25, 0.3) is 11.1 Å². The van der Waals surface area contributed by atoms with Crippen LogP contribution >= 0.6 is 0 Å². The van der Waals surface area contributed by atoms with E-state index in [0.29, 0.717) is 17.0 Å². The highest BCUT2D eigenvalue weighted by Gasteiger charge is 2.22. The number of rotatable bonds is 4. The molecule has 1 aliphatic carbocycles. The molecule has 0 saturated heterocycles. The summed E-state index contributed by atoms with van der Waals surface area (Å²) >= 11 is 0. The molecule has 1 aromatic carbocycles. The molecule has 1 fully saturated rings. The highest BCUT2D eigenvalue weighted by Crippen LogP contribution is 2.38. The molecule has 0 spiro atoms. The van der Waals surface area contributed by atoms with Gasteiger partial charge in [-0.25, -0.2) is 9.37 Å². The Balaban J connectivity index is 1.74. The van der Waals surface area contributed by atoms with Crippen molar-refractivity contribution < 1.29 is 8.78 Å². The van der Waals surface area contributed by atoms with Crippen molar-refractivity contribution in [2.24, 2.45) is 5.92 Å². The van der Waals surface area contributed by atoms with Gasteiger partial charge in [0.2, 0.25) is 5.95 Å². The maximum absolute atomic E-state index is 14.5. The van der Waals surface area contributed by atoms with Gasteiger partial charge in [-0.05, 0) is 61.3 Å². The smallest absolute Gasteiger partial charge is 0.212 e. The SMILES string of the molecule is CCCC1CCC(c2ccc(-c3ccc(F)nc3)c(F)c2)CC1. The quantitative estimate of drug-likeness (QED) is 0.621. The van der Waals surface area contributed by atoms with Gasteiger partial charge in [-0.3, -0.25) is 0 Å². The first-order valence-electron chi connectivity index (χ1n) is 8.58. The fourth-order valence-corrected chi connectivity index (χ4v) is 3.75. The summed E-state index contributed by atoms with van der Waals surface area (Å²) in [4.78, 5) is 3.60. The largest absolute Gasteiger partial charge is 0.228 e. The van der Waals surface area contributed by atoms with Gasteiger partial charge in [-0.2, -0.15) is 4.39 Å². The lowest BCUT2D eigenvalue weighted by atomic mass is 9.77. The molecule has 23 heavy (non-hydrogen) atoms. The average molecular weight is 315 g/mol. The zero-order chi connectivity index (χ0) is 16.2. The van der Waals surface area contributed by atoms with E-state index >= 15 is 0 Å². The number of pyridine rings is 1. The van der Waals surface area contributed by atoms with E-state index in [-0.39, 0.29) is 5.82 Å². The Kier molecular flexibility index (Phi) is 5.04. The topological polar surface area (TPSA) is 12.9 Å². The Morgan fingerprint density at radius 1 is 1.04 bits per heavy atom. The van der Waals surface area contributed by atoms with Crippen LogP contribution in [0.15, 0.2) is 36.5 Å². The van der Waals surface area contributed by atoms with E-state index in [1.807, 2.05) is 6.07 Å². The van der Waals surface area contributed by atoms with E-state index in [9.17, 15) is 8.78 Å². The summed E-state index contributed by atoms with van der Waals surface area (Å²) in [6.45, 7) is 2.24. The molecule has 0 atom stereocenters. The molecular weight excluding hydrogens is 292 g/mol. The van der Waals surface area contributed by atoms with Gasteiger partial charge in [0.1, 0.15) is 5.82 Å². The van der Waals surface area contributed by atoms with E-state index in [4.69, 9.17) is 0 Å². The minimum atomic E-state index is -0.547. The van der Waals surface area contributed by atoms with Gasteiger partial charge in [0.15, 0.2) is 0 Å². The van der Waals surface area contributed by atoms with Gasteiger partial charge in [-0.1, -0.05) is 31.9 Å². The number of hydrogen-bond donors (Lipinski definition) is 0. The summed E-state index contributed by atoms with van der Waals surface area (Å²) in [5.74, 6) is 0.532. The van der Waals surface area contributed by atoms with Crippen molar-refractivity contribution in [1.82, 2.24) is 4.98 Å². The zero-order valence-corrected chi connectivity index (χ0v) is 13.6. The predicted molar refractivity (Wildman–Crippen MR) is 89.2 cm³/mol. The number of aromatic nitrogens is 1. The van der Waals surface area contributed by atoms with E-state index in [0.717, 1.165) is 24.3 Å². The van der Waals surface area contributed by atoms with E-state index < -0.39 is 5.95 Å². The first-order valence-corrected chi connectivity index (χ1v) is 8.58. The van der Waals surface area contributed by atoms with Gasteiger partial charge in [-0.15, -0.1) is 0 Å².